The van der Waals surface area contributed by atoms with Crippen molar-refractivity contribution >= 4 is 11.9 Å². The minimum absolute atomic E-state index is 0.358. The summed E-state index contributed by atoms with van der Waals surface area (Å²) in [4.78, 5) is 25.2. The van der Waals surface area contributed by atoms with Crippen molar-refractivity contribution in [2.45, 2.75) is 20.0 Å². The third-order valence-electron chi connectivity index (χ3n) is 3.60. The Kier molecular flexibility index (Phi) is 5.76. The first-order chi connectivity index (χ1) is 11.4. The maximum atomic E-state index is 11.6. The number of ether oxygens (including phenoxy) is 2. The third-order valence-corrected chi connectivity index (χ3v) is 3.60. The molecule has 0 saturated heterocycles. The van der Waals surface area contributed by atoms with E-state index in [0.717, 1.165) is 5.56 Å². The number of furan rings is 1. The van der Waals surface area contributed by atoms with Crippen LogP contribution in [0.5, 0.6) is 0 Å². The SMILES string of the molecule is COC(=O)c1cccc(CN(C)Cc2cc(C(=O)OC)c(C)o2)c1. The van der Waals surface area contributed by atoms with Gasteiger partial charge in [0.15, 0.2) is 0 Å². The van der Waals surface area contributed by atoms with Gasteiger partial charge in [-0.25, -0.2) is 9.59 Å². The molecule has 0 unspecified atom stereocenters. The molecule has 1 heterocycles. The van der Waals surface area contributed by atoms with Gasteiger partial charge < -0.3 is 13.9 Å². The average molecular weight is 331 g/mol. The summed E-state index contributed by atoms with van der Waals surface area (Å²) in [5.74, 6) is 0.456. The second-order valence-corrected chi connectivity index (χ2v) is 5.54. The Balaban J connectivity index is 2.05. The van der Waals surface area contributed by atoms with Crippen LogP contribution >= 0.6 is 0 Å². The summed E-state index contributed by atoms with van der Waals surface area (Å²) in [5.41, 5.74) is 1.94. The molecule has 2 rings (SSSR count). The summed E-state index contributed by atoms with van der Waals surface area (Å²) < 4.78 is 15.1. The summed E-state index contributed by atoms with van der Waals surface area (Å²) in [7, 11) is 4.63. The van der Waals surface area contributed by atoms with Gasteiger partial charge in [0.2, 0.25) is 0 Å². The highest BCUT2D eigenvalue weighted by atomic mass is 16.5. The predicted octanol–water partition coefficient (Wildman–Crippen LogP) is 2.79. The van der Waals surface area contributed by atoms with Crippen molar-refractivity contribution in [2.24, 2.45) is 0 Å². The van der Waals surface area contributed by atoms with Gasteiger partial charge in [0.05, 0.1) is 26.3 Å². The molecule has 0 amide bonds. The first kappa shape index (κ1) is 17.7. The number of nitrogens with zero attached hydrogens (tertiary/aromatic N) is 1. The van der Waals surface area contributed by atoms with Gasteiger partial charge >= 0.3 is 11.9 Å². The van der Waals surface area contributed by atoms with Crippen molar-refractivity contribution < 1.29 is 23.5 Å². The molecule has 6 heteroatoms. The Hall–Kier alpha value is -2.60. The minimum atomic E-state index is -0.407. The van der Waals surface area contributed by atoms with E-state index in [2.05, 4.69) is 0 Å². The molecule has 0 N–H and O–H groups in total. The van der Waals surface area contributed by atoms with Crippen LogP contribution in [0.15, 0.2) is 34.7 Å². The van der Waals surface area contributed by atoms with Gasteiger partial charge in [-0.2, -0.15) is 0 Å². The van der Waals surface area contributed by atoms with Crippen LogP contribution in [-0.2, 0) is 22.6 Å². The summed E-state index contributed by atoms with van der Waals surface area (Å²) in [6.45, 7) is 2.88. The van der Waals surface area contributed by atoms with E-state index in [1.807, 2.05) is 24.1 Å². The molecule has 0 atom stereocenters. The third kappa shape index (κ3) is 4.23. The molecule has 0 saturated carbocycles. The normalized spacial score (nSPS) is 10.7. The lowest BCUT2D eigenvalue weighted by Gasteiger charge is -2.15. The van der Waals surface area contributed by atoms with E-state index < -0.39 is 5.97 Å². The predicted molar refractivity (Wildman–Crippen MR) is 87.7 cm³/mol. The molecular formula is C18H21NO5. The molecule has 128 valence electrons. The quantitative estimate of drug-likeness (QED) is 0.758. The smallest absolute Gasteiger partial charge is 0.341 e. The van der Waals surface area contributed by atoms with Crippen LogP contribution in [0.3, 0.4) is 0 Å². The highest BCUT2D eigenvalue weighted by molar-refractivity contribution is 5.90. The Morgan fingerprint density at radius 2 is 1.79 bits per heavy atom. The van der Waals surface area contributed by atoms with Crippen LogP contribution < -0.4 is 0 Å². The molecule has 1 aromatic carbocycles. The lowest BCUT2D eigenvalue weighted by Crippen LogP contribution is -2.17. The van der Waals surface area contributed by atoms with Gasteiger partial charge in [-0.15, -0.1) is 0 Å². The standard InChI is InChI=1S/C18H21NO5/c1-12-16(18(21)23-4)9-15(24-12)11-19(2)10-13-6-5-7-14(8-13)17(20)22-3/h5-9H,10-11H2,1-4H3. The lowest BCUT2D eigenvalue weighted by atomic mass is 10.1. The van der Waals surface area contributed by atoms with Crippen LogP contribution in [0.2, 0.25) is 0 Å². The highest BCUT2D eigenvalue weighted by Crippen LogP contribution is 2.18. The number of rotatable bonds is 6. The topological polar surface area (TPSA) is 69.0 Å². The van der Waals surface area contributed by atoms with Gasteiger partial charge in [-0.1, -0.05) is 12.1 Å². The van der Waals surface area contributed by atoms with E-state index in [-0.39, 0.29) is 5.97 Å². The molecule has 0 spiro atoms. The Bertz CT molecular complexity index is 735. The van der Waals surface area contributed by atoms with Crippen LogP contribution in [0.25, 0.3) is 0 Å². The van der Waals surface area contributed by atoms with Crippen molar-refractivity contribution in [1.82, 2.24) is 4.90 Å². The van der Waals surface area contributed by atoms with Crippen LogP contribution in [0.4, 0.5) is 0 Å². The van der Waals surface area contributed by atoms with Gasteiger partial charge in [-0.05, 0) is 37.7 Å². The molecule has 0 aliphatic heterocycles. The molecule has 0 aliphatic carbocycles. The summed E-state index contributed by atoms with van der Waals surface area (Å²) in [6.07, 6.45) is 0. The number of esters is 2. The van der Waals surface area contributed by atoms with Gasteiger partial charge in [0, 0.05) is 6.54 Å². The first-order valence-corrected chi connectivity index (χ1v) is 7.48. The number of carbonyl (C=O) groups excluding carboxylic acids is 2. The lowest BCUT2D eigenvalue weighted by molar-refractivity contribution is 0.0590. The van der Waals surface area contributed by atoms with Crippen molar-refractivity contribution in [3.05, 3.63) is 58.5 Å². The molecule has 0 fully saturated rings. The Labute approximate surface area is 141 Å². The average Bonchev–Trinajstić information content (AvgIpc) is 2.93. The second-order valence-electron chi connectivity index (χ2n) is 5.54. The zero-order valence-electron chi connectivity index (χ0n) is 14.3. The van der Waals surface area contributed by atoms with Gasteiger partial charge in [0.25, 0.3) is 0 Å². The molecule has 1 aromatic heterocycles. The highest BCUT2D eigenvalue weighted by Gasteiger charge is 2.16. The largest absolute Gasteiger partial charge is 0.465 e. The zero-order valence-corrected chi connectivity index (χ0v) is 14.3. The number of hydrogen-bond acceptors (Lipinski definition) is 6. The number of carbonyl (C=O) groups is 2. The second kappa shape index (κ2) is 7.79. The Morgan fingerprint density at radius 3 is 2.46 bits per heavy atom. The molecule has 0 aliphatic rings. The van der Waals surface area contributed by atoms with E-state index >= 15 is 0 Å². The van der Waals surface area contributed by atoms with E-state index in [0.29, 0.717) is 35.7 Å². The van der Waals surface area contributed by atoms with E-state index in [1.165, 1.54) is 14.2 Å². The fourth-order valence-corrected chi connectivity index (χ4v) is 2.48. The van der Waals surface area contributed by atoms with E-state index in [1.54, 1.807) is 25.1 Å². The molecule has 2 aromatic rings. The maximum absolute atomic E-state index is 11.6. The maximum Gasteiger partial charge on any atom is 0.341 e. The first-order valence-electron chi connectivity index (χ1n) is 7.48. The van der Waals surface area contributed by atoms with Crippen molar-refractivity contribution in [1.29, 1.82) is 0 Å². The van der Waals surface area contributed by atoms with Crippen molar-refractivity contribution in [2.75, 3.05) is 21.3 Å². The van der Waals surface area contributed by atoms with E-state index in [4.69, 9.17) is 13.9 Å². The Morgan fingerprint density at radius 1 is 1.08 bits per heavy atom. The summed E-state index contributed by atoms with van der Waals surface area (Å²) in [5, 5.41) is 0. The fourth-order valence-electron chi connectivity index (χ4n) is 2.48. The number of methoxy groups -OCH3 is 2. The molecule has 6 nitrogen and oxygen atoms in total. The number of hydrogen-bond donors (Lipinski definition) is 0. The molecular weight excluding hydrogens is 310 g/mol. The number of aryl methyl sites for hydroxylation is 1. The molecule has 0 radical (unpaired) electrons. The van der Waals surface area contributed by atoms with Crippen molar-refractivity contribution in [3.63, 3.8) is 0 Å². The summed E-state index contributed by atoms with van der Waals surface area (Å²) in [6, 6.07) is 8.98. The van der Waals surface area contributed by atoms with Crippen molar-refractivity contribution in [3.8, 4) is 0 Å². The van der Waals surface area contributed by atoms with Crippen LogP contribution in [0.1, 0.15) is 37.8 Å². The monoisotopic (exact) mass is 331 g/mol. The summed E-state index contributed by atoms with van der Waals surface area (Å²) >= 11 is 0. The molecule has 24 heavy (non-hydrogen) atoms. The van der Waals surface area contributed by atoms with E-state index in [9.17, 15) is 9.59 Å². The van der Waals surface area contributed by atoms with Crippen LogP contribution in [0, 0.1) is 6.92 Å². The molecule has 0 bridgehead atoms. The fraction of sp³-hybridized carbons (Fsp3) is 0.333. The van der Waals surface area contributed by atoms with Crippen LogP contribution in [-0.4, -0.2) is 38.1 Å². The van der Waals surface area contributed by atoms with Gasteiger partial charge in [-0.3, -0.25) is 4.90 Å². The minimum Gasteiger partial charge on any atom is -0.465 e. The van der Waals surface area contributed by atoms with Gasteiger partial charge in [0.1, 0.15) is 17.1 Å². The number of benzene rings is 1. The zero-order chi connectivity index (χ0) is 17.7.